The predicted octanol–water partition coefficient (Wildman–Crippen LogP) is 6.81. The maximum absolute atomic E-state index is 11.2. The van der Waals surface area contributed by atoms with Gasteiger partial charge in [0.2, 0.25) is 5.69 Å². The SMILES string of the molecule is COc1cc2c(cc1OC)-c1c3ccccc3cc(C(C)(C)C)[n+]1CC2.[F][Sb-]([F])([F])([F])([F])[F]. The number of halogens is 6. The number of aryl methyl sites for hydroxylation is 1. The number of aromatic nitrogens is 1. The number of fused-ring (bicyclic) bond motifs is 5. The van der Waals surface area contributed by atoms with Gasteiger partial charge in [0.25, 0.3) is 0 Å². The summed E-state index contributed by atoms with van der Waals surface area (Å²) in [7, 11) is 3.40. The topological polar surface area (TPSA) is 22.3 Å². The maximum atomic E-state index is 9.93. The number of ether oxygens (including phenoxy) is 2. The standard InChI is InChI=1S/C23H26NO2.6FH.Sb/c1-23(2,3)21-13-15-8-6-7-9-17(15)22-18-14-20(26-5)19(25-4)12-16(18)10-11-24(21)22;;;;;;;/h6-9,12-14H,10-11H2,1-5H3;6*1H;/q+1;;;;;;;+5/p-6. The van der Waals surface area contributed by atoms with Crippen molar-refractivity contribution in [1.29, 1.82) is 0 Å². The third-order valence-corrected chi connectivity index (χ3v) is 5.31. The number of hydrogen-bond donors (Lipinski definition) is 0. The van der Waals surface area contributed by atoms with Gasteiger partial charge in [0.1, 0.15) is 0 Å². The van der Waals surface area contributed by atoms with Crippen molar-refractivity contribution < 1.29 is 30.9 Å². The van der Waals surface area contributed by atoms with E-state index in [2.05, 4.69) is 67.8 Å². The van der Waals surface area contributed by atoms with Crippen molar-refractivity contribution in [2.75, 3.05) is 14.2 Å². The van der Waals surface area contributed by atoms with Gasteiger partial charge < -0.3 is 9.47 Å². The Bertz CT molecular complexity index is 1210. The molecule has 2 heterocycles. The van der Waals surface area contributed by atoms with E-state index in [1.807, 2.05) is 0 Å². The molecular weight excluding hydrogens is 558 g/mol. The van der Waals surface area contributed by atoms with Gasteiger partial charge in [0, 0.05) is 17.9 Å². The zero-order valence-corrected chi connectivity index (χ0v) is 21.5. The number of pyridine rings is 1. The molecule has 0 amide bonds. The minimum absolute atomic E-state index is 0.0762. The molecule has 2 aromatic carbocycles. The summed E-state index contributed by atoms with van der Waals surface area (Å²) in [6.45, 7) is 7.84. The number of benzene rings is 2. The summed E-state index contributed by atoms with van der Waals surface area (Å²) >= 11 is -11.2. The first-order chi connectivity index (χ1) is 14.9. The van der Waals surface area contributed by atoms with Crippen LogP contribution < -0.4 is 14.0 Å². The molecule has 3 aromatic rings. The molecule has 10 heteroatoms. The van der Waals surface area contributed by atoms with E-state index >= 15 is 0 Å². The third-order valence-electron chi connectivity index (χ3n) is 5.31. The summed E-state index contributed by atoms with van der Waals surface area (Å²) in [5, 5.41) is 2.57. The molecule has 0 N–H and O–H groups in total. The zero-order chi connectivity index (χ0) is 24.9. The average molecular weight is 584 g/mol. The van der Waals surface area contributed by atoms with Crippen LogP contribution in [0, 0.1) is 0 Å². The van der Waals surface area contributed by atoms with E-state index in [9.17, 15) is 16.9 Å². The van der Waals surface area contributed by atoms with Gasteiger partial charge in [-0.05, 0) is 29.1 Å². The number of rotatable bonds is 2. The zero-order valence-electron chi connectivity index (χ0n) is 18.9. The molecule has 0 radical (unpaired) electrons. The Kier molecular flexibility index (Phi) is 5.93. The molecule has 0 spiro atoms. The molecule has 0 aliphatic carbocycles. The van der Waals surface area contributed by atoms with Crippen molar-refractivity contribution in [2.24, 2.45) is 0 Å². The van der Waals surface area contributed by atoms with Crippen LogP contribution in [0.1, 0.15) is 32.0 Å². The second-order valence-electron chi connectivity index (χ2n) is 8.94. The van der Waals surface area contributed by atoms with Crippen LogP contribution in [-0.2, 0) is 18.4 Å². The van der Waals surface area contributed by atoms with E-state index in [0.717, 1.165) is 24.5 Å². The summed E-state index contributed by atoms with van der Waals surface area (Å²) in [6, 6.07) is 15.3. The first-order valence-electron chi connectivity index (χ1n) is 10.2. The van der Waals surface area contributed by atoms with Gasteiger partial charge in [-0.2, -0.15) is 4.57 Å². The average Bonchev–Trinajstić information content (AvgIpc) is 2.68. The van der Waals surface area contributed by atoms with Crippen LogP contribution in [0.2, 0.25) is 0 Å². The van der Waals surface area contributed by atoms with Crippen LogP contribution in [-0.4, -0.2) is 33.7 Å². The summed E-state index contributed by atoms with van der Waals surface area (Å²) < 4.78 is 73.2. The van der Waals surface area contributed by atoms with Crippen molar-refractivity contribution in [3.63, 3.8) is 0 Å². The van der Waals surface area contributed by atoms with E-state index in [1.54, 1.807) is 14.2 Å². The molecule has 0 bridgehead atoms. The van der Waals surface area contributed by atoms with E-state index in [1.165, 1.54) is 33.3 Å². The fourth-order valence-corrected chi connectivity index (χ4v) is 4.05. The normalized spacial score (nSPS) is 15.4. The third kappa shape index (κ3) is 6.46. The van der Waals surface area contributed by atoms with Crippen molar-refractivity contribution >= 4 is 30.2 Å². The van der Waals surface area contributed by atoms with Gasteiger partial charge in [-0.15, -0.1) is 0 Å². The Balaban J connectivity index is 0.000000383. The molecule has 182 valence electrons. The summed E-state index contributed by atoms with van der Waals surface area (Å²) in [6.07, 6.45) is 0.995. The van der Waals surface area contributed by atoms with E-state index in [4.69, 9.17) is 9.47 Å². The second kappa shape index (κ2) is 7.69. The van der Waals surface area contributed by atoms with Crippen molar-refractivity contribution in [3.8, 4) is 22.8 Å². The Hall–Kier alpha value is -2.15. The van der Waals surface area contributed by atoms with Crippen LogP contribution in [0.15, 0.2) is 42.5 Å². The molecule has 1 aliphatic rings. The Morgan fingerprint density at radius 1 is 0.848 bits per heavy atom. The van der Waals surface area contributed by atoms with Crippen molar-refractivity contribution in [1.82, 2.24) is 0 Å². The van der Waals surface area contributed by atoms with E-state index in [0.29, 0.717) is 0 Å². The Morgan fingerprint density at radius 3 is 1.94 bits per heavy atom. The molecule has 0 saturated carbocycles. The fourth-order valence-electron chi connectivity index (χ4n) is 4.05. The molecule has 4 rings (SSSR count). The van der Waals surface area contributed by atoms with Crippen molar-refractivity contribution in [2.45, 2.75) is 39.2 Å². The van der Waals surface area contributed by atoms with Gasteiger partial charge >= 0.3 is 36.4 Å². The molecule has 1 aliphatic heterocycles. The molecule has 3 nitrogen and oxygen atoms in total. The molecular formula is C23H26F6NO2Sb. The van der Waals surface area contributed by atoms with Crippen LogP contribution in [0.3, 0.4) is 0 Å². The molecule has 0 unspecified atom stereocenters. The summed E-state index contributed by atoms with van der Waals surface area (Å²) in [4.78, 5) is 0. The Morgan fingerprint density at radius 2 is 1.39 bits per heavy atom. The number of hydrogen-bond acceptors (Lipinski definition) is 2. The van der Waals surface area contributed by atoms with Gasteiger partial charge in [-0.1, -0.05) is 39.0 Å². The molecule has 0 fully saturated rings. The first-order valence-corrected chi connectivity index (χ1v) is 16.0. The second-order valence-corrected chi connectivity index (χ2v) is 14.4. The van der Waals surface area contributed by atoms with Crippen LogP contribution >= 0.6 is 0 Å². The van der Waals surface area contributed by atoms with Gasteiger partial charge in [-0.3, -0.25) is 0 Å². The molecule has 33 heavy (non-hydrogen) atoms. The van der Waals surface area contributed by atoms with Crippen LogP contribution in [0.5, 0.6) is 11.5 Å². The van der Waals surface area contributed by atoms with Gasteiger partial charge in [-0.25, -0.2) is 0 Å². The molecule has 1 aromatic heterocycles. The minimum atomic E-state index is -11.2. The fraction of sp³-hybridized carbons (Fsp3) is 0.348. The monoisotopic (exact) mass is 583 g/mol. The van der Waals surface area contributed by atoms with Gasteiger partial charge in [0.15, 0.2) is 23.7 Å². The number of methoxy groups -OCH3 is 2. The van der Waals surface area contributed by atoms with Gasteiger partial charge in [0.05, 0.1) is 25.2 Å². The first kappa shape index (κ1) is 25.5. The van der Waals surface area contributed by atoms with E-state index < -0.39 is 19.5 Å². The quantitative estimate of drug-likeness (QED) is 0.188. The van der Waals surface area contributed by atoms with Crippen LogP contribution in [0.25, 0.3) is 22.0 Å². The number of nitrogens with zero attached hydrogens (tertiary/aromatic N) is 1. The van der Waals surface area contributed by atoms with Crippen molar-refractivity contribution in [3.05, 3.63) is 53.7 Å². The van der Waals surface area contributed by atoms with Crippen LogP contribution in [0.4, 0.5) is 16.9 Å². The summed E-state index contributed by atoms with van der Waals surface area (Å²) in [5.41, 5.74) is 5.30. The molecule has 0 atom stereocenters. The molecule has 0 saturated heterocycles. The van der Waals surface area contributed by atoms with E-state index in [-0.39, 0.29) is 5.41 Å². The Labute approximate surface area is 190 Å². The predicted molar refractivity (Wildman–Crippen MR) is 117 cm³/mol. The summed E-state index contributed by atoms with van der Waals surface area (Å²) in [5.74, 6) is 1.58.